The third kappa shape index (κ3) is 5.28. The molecule has 0 saturated heterocycles. The molecule has 0 atom stereocenters. The summed E-state index contributed by atoms with van der Waals surface area (Å²) in [6.45, 7) is 0.427. The highest BCUT2D eigenvalue weighted by molar-refractivity contribution is 7.89. The van der Waals surface area contributed by atoms with Crippen molar-refractivity contribution in [3.8, 4) is 0 Å². The topological polar surface area (TPSA) is 88.4 Å². The van der Waals surface area contributed by atoms with Gasteiger partial charge in [-0.25, -0.2) is 17.5 Å². The summed E-state index contributed by atoms with van der Waals surface area (Å²) in [6.07, 6.45) is 2.03. The fraction of sp³-hybridized carbons (Fsp3) is 0.150. The average Bonchev–Trinajstić information content (AvgIpc) is 3.22. The van der Waals surface area contributed by atoms with E-state index in [9.17, 15) is 17.6 Å². The van der Waals surface area contributed by atoms with Crippen molar-refractivity contribution < 1.29 is 22.0 Å². The van der Waals surface area contributed by atoms with Crippen LogP contribution in [0.3, 0.4) is 0 Å². The number of furan rings is 1. The Morgan fingerprint density at radius 1 is 1.00 bits per heavy atom. The van der Waals surface area contributed by atoms with Gasteiger partial charge in [0, 0.05) is 12.1 Å². The number of carbonyl (C=O) groups is 1. The number of rotatable bonds is 8. The molecule has 8 heteroatoms. The van der Waals surface area contributed by atoms with Crippen LogP contribution >= 0.6 is 0 Å². The van der Waals surface area contributed by atoms with E-state index in [1.807, 2.05) is 0 Å². The predicted octanol–water partition coefficient (Wildman–Crippen LogP) is 2.87. The van der Waals surface area contributed by atoms with E-state index in [4.69, 9.17) is 4.42 Å². The molecule has 2 aromatic carbocycles. The molecule has 0 bridgehead atoms. The molecule has 28 heavy (non-hydrogen) atoms. The number of hydrogen-bond acceptors (Lipinski definition) is 4. The number of nitrogens with one attached hydrogen (secondary N) is 2. The molecule has 0 fully saturated rings. The van der Waals surface area contributed by atoms with E-state index in [0.29, 0.717) is 24.3 Å². The van der Waals surface area contributed by atoms with Crippen molar-refractivity contribution in [2.45, 2.75) is 17.9 Å². The van der Waals surface area contributed by atoms with Crippen LogP contribution in [0.2, 0.25) is 0 Å². The van der Waals surface area contributed by atoms with Crippen LogP contribution in [0.1, 0.15) is 21.7 Å². The Balaban J connectivity index is 1.53. The lowest BCUT2D eigenvalue weighted by Gasteiger charge is -2.08. The molecule has 3 aromatic rings. The van der Waals surface area contributed by atoms with Crippen molar-refractivity contribution >= 4 is 15.9 Å². The van der Waals surface area contributed by atoms with Gasteiger partial charge >= 0.3 is 0 Å². The van der Waals surface area contributed by atoms with Crippen molar-refractivity contribution in [3.05, 3.63) is 89.6 Å². The minimum Gasteiger partial charge on any atom is -0.468 e. The lowest BCUT2D eigenvalue weighted by Crippen LogP contribution is -2.26. The summed E-state index contributed by atoms with van der Waals surface area (Å²) < 4.78 is 45.0. The van der Waals surface area contributed by atoms with Crippen LogP contribution < -0.4 is 10.0 Å². The van der Waals surface area contributed by atoms with Crippen LogP contribution in [0.15, 0.2) is 76.2 Å². The Hall–Kier alpha value is -2.97. The molecule has 0 radical (unpaired) electrons. The second kappa shape index (κ2) is 8.81. The first kappa shape index (κ1) is 19.8. The quantitative estimate of drug-likeness (QED) is 0.606. The number of sulfonamides is 1. The SMILES string of the molecule is O=C(NCCc1ccc(F)cc1)c1ccc(S(=O)(=O)NCc2ccco2)cc1. The third-order valence-corrected chi connectivity index (χ3v) is 5.47. The van der Waals surface area contributed by atoms with Gasteiger partial charge in [0.25, 0.3) is 5.91 Å². The minimum absolute atomic E-state index is 0.0426. The van der Waals surface area contributed by atoms with Gasteiger partial charge in [0.05, 0.1) is 17.7 Å². The fourth-order valence-electron chi connectivity index (χ4n) is 2.52. The molecule has 0 aliphatic carbocycles. The van der Waals surface area contributed by atoms with Crippen LogP contribution in [-0.4, -0.2) is 20.9 Å². The molecular weight excluding hydrogens is 383 g/mol. The summed E-state index contributed by atoms with van der Waals surface area (Å²) in [6, 6.07) is 15.1. The summed E-state index contributed by atoms with van der Waals surface area (Å²) in [5.74, 6) is -0.114. The summed E-state index contributed by atoms with van der Waals surface area (Å²) in [4.78, 5) is 12.2. The first-order valence-electron chi connectivity index (χ1n) is 8.59. The highest BCUT2D eigenvalue weighted by Crippen LogP contribution is 2.12. The molecule has 1 heterocycles. The van der Waals surface area contributed by atoms with E-state index in [1.165, 1.54) is 42.7 Å². The molecule has 1 amide bonds. The third-order valence-electron chi connectivity index (χ3n) is 4.06. The molecule has 0 unspecified atom stereocenters. The smallest absolute Gasteiger partial charge is 0.251 e. The van der Waals surface area contributed by atoms with E-state index in [0.717, 1.165) is 5.56 Å². The van der Waals surface area contributed by atoms with Crippen LogP contribution in [-0.2, 0) is 23.0 Å². The molecule has 146 valence electrons. The molecule has 6 nitrogen and oxygen atoms in total. The second-order valence-electron chi connectivity index (χ2n) is 6.06. The minimum atomic E-state index is -3.71. The van der Waals surface area contributed by atoms with E-state index < -0.39 is 10.0 Å². The molecule has 2 N–H and O–H groups in total. The molecule has 0 aliphatic rings. The molecule has 3 rings (SSSR count). The van der Waals surface area contributed by atoms with Gasteiger partial charge in [0.15, 0.2) is 0 Å². The van der Waals surface area contributed by atoms with Gasteiger partial charge < -0.3 is 9.73 Å². The summed E-state index contributed by atoms with van der Waals surface area (Å²) in [5.41, 5.74) is 1.26. The van der Waals surface area contributed by atoms with Crippen LogP contribution in [0.5, 0.6) is 0 Å². The summed E-state index contributed by atoms with van der Waals surface area (Å²) in [7, 11) is -3.71. The highest BCUT2D eigenvalue weighted by atomic mass is 32.2. The van der Waals surface area contributed by atoms with Crippen LogP contribution in [0.25, 0.3) is 0 Å². The summed E-state index contributed by atoms with van der Waals surface area (Å²) in [5, 5.41) is 2.75. The van der Waals surface area contributed by atoms with Crippen molar-refractivity contribution in [3.63, 3.8) is 0 Å². The molecule has 0 spiro atoms. The van der Waals surface area contributed by atoms with Crippen molar-refractivity contribution in [2.75, 3.05) is 6.54 Å². The lowest BCUT2D eigenvalue weighted by atomic mass is 10.1. The molecule has 1 aromatic heterocycles. The van der Waals surface area contributed by atoms with Gasteiger partial charge in [0.2, 0.25) is 10.0 Å². The Labute approximate surface area is 162 Å². The van der Waals surface area contributed by atoms with Gasteiger partial charge in [-0.2, -0.15) is 0 Å². The second-order valence-corrected chi connectivity index (χ2v) is 7.83. The Morgan fingerprint density at radius 3 is 2.36 bits per heavy atom. The average molecular weight is 402 g/mol. The maximum absolute atomic E-state index is 12.9. The number of halogens is 1. The van der Waals surface area contributed by atoms with E-state index in [2.05, 4.69) is 10.0 Å². The number of benzene rings is 2. The van der Waals surface area contributed by atoms with Gasteiger partial charge in [-0.3, -0.25) is 4.79 Å². The Kier molecular flexibility index (Phi) is 6.23. The highest BCUT2D eigenvalue weighted by Gasteiger charge is 2.15. The van der Waals surface area contributed by atoms with Gasteiger partial charge in [-0.15, -0.1) is 0 Å². The zero-order valence-corrected chi connectivity index (χ0v) is 15.7. The van der Waals surface area contributed by atoms with Crippen LogP contribution in [0.4, 0.5) is 4.39 Å². The van der Waals surface area contributed by atoms with E-state index in [-0.39, 0.29) is 23.2 Å². The van der Waals surface area contributed by atoms with E-state index >= 15 is 0 Å². The predicted molar refractivity (Wildman–Crippen MR) is 102 cm³/mol. The van der Waals surface area contributed by atoms with Gasteiger partial charge in [0.1, 0.15) is 11.6 Å². The summed E-state index contributed by atoms with van der Waals surface area (Å²) >= 11 is 0. The van der Waals surface area contributed by atoms with Gasteiger partial charge in [-0.1, -0.05) is 12.1 Å². The largest absolute Gasteiger partial charge is 0.468 e. The number of amides is 1. The monoisotopic (exact) mass is 402 g/mol. The Morgan fingerprint density at radius 2 is 1.71 bits per heavy atom. The standard InChI is InChI=1S/C20H19FN2O4S/c21-17-7-3-15(4-8-17)11-12-22-20(24)16-5-9-19(10-6-16)28(25,26)23-14-18-2-1-13-27-18/h1-10,13,23H,11-12,14H2,(H,22,24). The van der Waals surface area contributed by atoms with Crippen molar-refractivity contribution in [1.82, 2.24) is 10.0 Å². The lowest BCUT2D eigenvalue weighted by molar-refractivity contribution is 0.0954. The maximum atomic E-state index is 12.9. The normalized spacial score (nSPS) is 11.3. The van der Waals surface area contributed by atoms with Crippen molar-refractivity contribution in [1.29, 1.82) is 0 Å². The zero-order valence-electron chi connectivity index (χ0n) is 14.9. The molecular formula is C20H19FN2O4S. The zero-order chi connectivity index (χ0) is 20.0. The fourth-order valence-corrected chi connectivity index (χ4v) is 3.51. The first-order valence-corrected chi connectivity index (χ1v) is 10.1. The maximum Gasteiger partial charge on any atom is 0.251 e. The van der Waals surface area contributed by atoms with Crippen LogP contribution in [0, 0.1) is 5.82 Å². The molecule has 0 saturated carbocycles. The van der Waals surface area contributed by atoms with Crippen molar-refractivity contribution in [2.24, 2.45) is 0 Å². The number of carbonyl (C=O) groups excluding carboxylic acids is 1. The number of hydrogen-bond donors (Lipinski definition) is 2. The van der Waals surface area contributed by atoms with E-state index in [1.54, 1.807) is 24.3 Å². The molecule has 0 aliphatic heterocycles. The first-order chi connectivity index (χ1) is 13.4. The van der Waals surface area contributed by atoms with Gasteiger partial charge in [-0.05, 0) is 60.5 Å². The Bertz CT molecular complexity index is 1020.